The molecule has 0 fully saturated rings. The molecule has 0 atom stereocenters. The van der Waals surface area contributed by atoms with E-state index < -0.39 is 0 Å². The van der Waals surface area contributed by atoms with Crippen molar-refractivity contribution in [1.29, 1.82) is 0 Å². The Morgan fingerprint density at radius 1 is 1.04 bits per heavy atom. The Morgan fingerprint density at radius 2 is 1.81 bits per heavy atom. The molecule has 4 aromatic rings. The fourth-order valence-electron chi connectivity index (χ4n) is 2.88. The zero-order valence-corrected chi connectivity index (χ0v) is 13.9. The highest BCUT2D eigenvalue weighted by Crippen LogP contribution is 2.30. The van der Waals surface area contributed by atoms with Crippen LogP contribution in [-0.4, -0.2) is 5.11 Å². The second-order valence-corrected chi connectivity index (χ2v) is 5.98. The molecule has 4 rings (SSSR count). The van der Waals surface area contributed by atoms with Gasteiger partial charge in [0, 0.05) is 12.1 Å². The molecule has 0 aliphatic carbocycles. The Kier molecular flexibility index (Phi) is 3.93. The number of aromatic hydroxyl groups is 1. The molecule has 0 bridgehead atoms. The van der Waals surface area contributed by atoms with Crippen LogP contribution < -0.4 is 10.2 Å². The van der Waals surface area contributed by atoms with E-state index in [4.69, 9.17) is 9.15 Å². The Morgan fingerprint density at radius 3 is 2.58 bits per heavy atom. The molecule has 0 spiro atoms. The van der Waals surface area contributed by atoms with Crippen LogP contribution in [0.2, 0.25) is 0 Å². The largest absolute Gasteiger partial charge is 0.507 e. The second kappa shape index (κ2) is 6.41. The minimum Gasteiger partial charge on any atom is -0.507 e. The molecule has 1 heterocycles. The molecule has 128 valence electrons. The summed E-state index contributed by atoms with van der Waals surface area (Å²) in [5, 5.41) is 10.9. The zero-order chi connectivity index (χ0) is 18.1. The minimum absolute atomic E-state index is 0.154. The van der Waals surface area contributed by atoms with E-state index in [1.165, 1.54) is 6.07 Å². The van der Waals surface area contributed by atoms with Gasteiger partial charge in [-0.1, -0.05) is 49.1 Å². The summed E-state index contributed by atoms with van der Waals surface area (Å²) in [7, 11) is 0. The fraction of sp³-hybridized carbons (Fsp3) is 0.0455. The Balaban J connectivity index is 1.71. The monoisotopic (exact) mass is 344 g/mol. The van der Waals surface area contributed by atoms with Gasteiger partial charge in [0.25, 0.3) is 0 Å². The van der Waals surface area contributed by atoms with Crippen molar-refractivity contribution in [1.82, 2.24) is 0 Å². The first-order chi connectivity index (χ1) is 12.7. The normalized spacial score (nSPS) is 10.9. The lowest BCUT2D eigenvalue weighted by molar-refractivity contribution is 0.304. The molecule has 26 heavy (non-hydrogen) atoms. The first-order valence-corrected chi connectivity index (χ1v) is 8.18. The van der Waals surface area contributed by atoms with Gasteiger partial charge in [0.05, 0.1) is 5.39 Å². The maximum Gasteiger partial charge on any atom is 0.204 e. The van der Waals surface area contributed by atoms with Gasteiger partial charge in [-0.15, -0.1) is 0 Å². The molecular weight excluding hydrogens is 328 g/mol. The van der Waals surface area contributed by atoms with Crippen LogP contribution in [-0.2, 0) is 6.61 Å². The number of phenols is 1. The van der Waals surface area contributed by atoms with Crippen molar-refractivity contribution in [3.8, 4) is 11.5 Å². The van der Waals surface area contributed by atoms with E-state index in [0.717, 1.165) is 11.1 Å². The quantitative estimate of drug-likeness (QED) is 0.536. The summed E-state index contributed by atoms with van der Waals surface area (Å²) in [5.41, 5.74) is 2.53. The summed E-state index contributed by atoms with van der Waals surface area (Å²) in [6.07, 6.45) is 1.78. The third-order valence-electron chi connectivity index (χ3n) is 4.25. The topological polar surface area (TPSA) is 59.7 Å². The van der Waals surface area contributed by atoms with Crippen LogP contribution in [0.4, 0.5) is 0 Å². The number of ether oxygens (including phenoxy) is 1. The number of rotatable bonds is 4. The van der Waals surface area contributed by atoms with Crippen LogP contribution in [0.15, 0.2) is 76.5 Å². The number of fused-ring (bicyclic) bond motifs is 2. The fourth-order valence-corrected chi connectivity index (χ4v) is 2.88. The maximum atomic E-state index is 12.6. The molecule has 0 aliphatic rings. The predicted octanol–water partition coefficient (Wildman–Crippen LogP) is 4.87. The van der Waals surface area contributed by atoms with Gasteiger partial charge in [0.1, 0.15) is 34.7 Å². The highest BCUT2D eigenvalue weighted by molar-refractivity contribution is 5.93. The molecule has 1 N–H and O–H groups in total. The lowest BCUT2D eigenvalue weighted by Crippen LogP contribution is -2.03. The van der Waals surface area contributed by atoms with Gasteiger partial charge in [-0.05, 0) is 23.3 Å². The Bertz CT molecular complexity index is 1170. The van der Waals surface area contributed by atoms with Gasteiger partial charge in [-0.2, -0.15) is 0 Å². The summed E-state index contributed by atoms with van der Waals surface area (Å²) >= 11 is 0. The van der Waals surface area contributed by atoms with E-state index in [0.29, 0.717) is 28.9 Å². The van der Waals surface area contributed by atoms with Gasteiger partial charge in [-0.25, -0.2) is 0 Å². The number of hydrogen-bond acceptors (Lipinski definition) is 4. The van der Waals surface area contributed by atoms with Gasteiger partial charge >= 0.3 is 0 Å². The lowest BCUT2D eigenvalue weighted by atomic mass is 10.1. The summed E-state index contributed by atoms with van der Waals surface area (Å²) in [6, 6.07) is 17.8. The molecule has 0 saturated heterocycles. The van der Waals surface area contributed by atoms with Gasteiger partial charge < -0.3 is 14.3 Å². The summed E-state index contributed by atoms with van der Waals surface area (Å²) < 4.78 is 11.5. The molecular formula is C22H16O4. The number of hydrogen-bond donors (Lipinski definition) is 1. The van der Waals surface area contributed by atoms with E-state index in [1.807, 2.05) is 24.3 Å². The number of phenolic OH excluding ortho intramolecular Hbond substituents is 1. The minimum atomic E-state index is -0.258. The molecule has 4 heteroatoms. The average Bonchev–Trinajstić information content (AvgIpc) is 2.66. The molecule has 3 aromatic carbocycles. The van der Waals surface area contributed by atoms with Crippen molar-refractivity contribution in [2.24, 2.45) is 0 Å². The van der Waals surface area contributed by atoms with Crippen LogP contribution in [0.1, 0.15) is 11.1 Å². The third-order valence-corrected chi connectivity index (χ3v) is 4.25. The van der Waals surface area contributed by atoms with E-state index in [2.05, 4.69) is 6.58 Å². The van der Waals surface area contributed by atoms with Crippen LogP contribution in [0.25, 0.3) is 28.0 Å². The van der Waals surface area contributed by atoms with Crippen LogP contribution in [0.5, 0.6) is 11.5 Å². The highest BCUT2D eigenvalue weighted by atomic mass is 16.5. The third kappa shape index (κ3) is 2.82. The first kappa shape index (κ1) is 16.0. The van der Waals surface area contributed by atoms with Gasteiger partial charge in [0.2, 0.25) is 5.43 Å². The van der Waals surface area contributed by atoms with Crippen LogP contribution in [0.3, 0.4) is 0 Å². The van der Waals surface area contributed by atoms with Crippen molar-refractivity contribution in [3.63, 3.8) is 0 Å². The SMILES string of the molecule is C=Cc1ccc(COc2cc(O)c3c(=O)c4ccccc4oc3c2)cc1. The van der Waals surface area contributed by atoms with Crippen molar-refractivity contribution in [3.05, 3.63) is 88.6 Å². The van der Waals surface area contributed by atoms with Crippen molar-refractivity contribution in [2.45, 2.75) is 6.61 Å². The highest BCUT2D eigenvalue weighted by Gasteiger charge is 2.13. The van der Waals surface area contributed by atoms with Crippen molar-refractivity contribution >= 4 is 28.0 Å². The van der Waals surface area contributed by atoms with Crippen molar-refractivity contribution < 1.29 is 14.3 Å². The van der Waals surface area contributed by atoms with Crippen LogP contribution in [0, 0.1) is 0 Å². The molecule has 4 nitrogen and oxygen atoms in total. The van der Waals surface area contributed by atoms with E-state index in [9.17, 15) is 9.90 Å². The van der Waals surface area contributed by atoms with Crippen LogP contribution >= 0.6 is 0 Å². The molecule has 0 aliphatic heterocycles. The summed E-state index contributed by atoms with van der Waals surface area (Å²) in [6.45, 7) is 4.06. The average molecular weight is 344 g/mol. The molecule has 0 radical (unpaired) electrons. The molecule has 0 unspecified atom stereocenters. The predicted molar refractivity (Wildman–Crippen MR) is 103 cm³/mol. The zero-order valence-electron chi connectivity index (χ0n) is 13.9. The van der Waals surface area contributed by atoms with Crippen molar-refractivity contribution in [2.75, 3.05) is 0 Å². The van der Waals surface area contributed by atoms with E-state index >= 15 is 0 Å². The van der Waals surface area contributed by atoms with E-state index in [-0.39, 0.29) is 16.6 Å². The molecule has 0 saturated carbocycles. The lowest BCUT2D eigenvalue weighted by Gasteiger charge is -2.09. The number of benzene rings is 3. The number of para-hydroxylation sites is 1. The van der Waals surface area contributed by atoms with Gasteiger partial charge in [0.15, 0.2) is 0 Å². The summed E-state index contributed by atoms with van der Waals surface area (Å²) in [4.78, 5) is 12.6. The first-order valence-electron chi connectivity index (χ1n) is 8.18. The Hall–Kier alpha value is -3.53. The maximum absolute atomic E-state index is 12.6. The standard InChI is InChI=1S/C22H16O4/c1-2-14-7-9-15(10-8-14)13-25-16-11-18(23)21-20(12-16)26-19-6-4-3-5-17(19)22(21)24/h2-12,23H,1,13H2. The summed E-state index contributed by atoms with van der Waals surface area (Å²) in [5.74, 6) is 0.278. The molecule has 0 amide bonds. The Labute approximate surface area is 149 Å². The van der Waals surface area contributed by atoms with E-state index in [1.54, 1.807) is 36.4 Å². The van der Waals surface area contributed by atoms with Gasteiger partial charge in [-0.3, -0.25) is 4.79 Å². The second-order valence-electron chi connectivity index (χ2n) is 5.98. The smallest absolute Gasteiger partial charge is 0.204 e. The molecule has 1 aromatic heterocycles.